The molecule has 0 atom stereocenters. The van der Waals surface area contributed by atoms with Crippen molar-refractivity contribution in [1.29, 1.82) is 0 Å². The zero-order valence-corrected chi connectivity index (χ0v) is 25.3. The molecule has 2 aromatic heterocycles. The molecule has 5 rings (SSSR count). The lowest BCUT2D eigenvalue weighted by atomic mass is 10.2. The van der Waals surface area contributed by atoms with Crippen LogP contribution in [-0.2, 0) is 16.2 Å². The highest BCUT2D eigenvalue weighted by Gasteiger charge is 2.18. The molecule has 3 heterocycles. The predicted octanol–water partition coefficient (Wildman–Crippen LogP) is 6.89. The van der Waals surface area contributed by atoms with E-state index in [9.17, 15) is 9.59 Å². The Labute approximate surface area is 251 Å². The number of piperazine rings is 1. The second-order valence-corrected chi connectivity index (χ2v) is 11.7. The highest BCUT2D eigenvalue weighted by Crippen LogP contribution is 2.31. The third kappa shape index (κ3) is 7.83. The fourth-order valence-corrected chi connectivity index (χ4v) is 6.24. The number of ether oxygens (including phenoxy) is 3. The summed E-state index contributed by atoms with van der Waals surface area (Å²) >= 11 is 1.80. The van der Waals surface area contributed by atoms with E-state index in [1.165, 1.54) is 26.4 Å². The fraction of sp³-hybridized carbons (Fsp3) is 0.455. The van der Waals surface area contributed by atoms with Crippen LogP contribution in [0.2, 0.25) is 0 Å². The van der Waals surface area contributed by atoms with E-state index >= 15 is 0 Å². The number of hydrogen-bond acceptors (Lipinski definition) is 8. The number of thiophene rings is 1. The largest absolute Gasteiger partial charge is 0.510 e. The van der Waals surface area contributed by atoms with Crippen molar-refractivity contribution in [3.63, 3.8) is 0 Å². The zero-order chi connectivity index (χ0) is 29.1. The van der Waals surface area contributed by atoms with Crippen molar-refractivity contribution in [2.75, 3.05) is 50.8 Å². The highest BCUT2D eigenvalue weighted by atomic mass is 32.1. The van der Waals surface area contributed by atoms with Gasteiger partial charge < -0.3 is 19.1 Å². The van der Waals surface area contributed by atoms with Gasteiger partial charge in [0.1, 0.15) is 5.75 Å². The van der Waals surface area contributed by atoms with Crippen LogP contribution in [0.5, 0.6) is 5.75 Å². The molecule has 0 amide bonds. The van der Waals surface area contributed by atoms with E-state index in [1.54, 1.807) is 17.4 Å². The van der Waals surface area contributed by atoms with Gasteiger partial charge in [0.25, 0.3) is 5.56 Å². The Morgan fingerprint density at radius 1 is 0.881 bits per heavy atom. The smallest absolute Gasteiger partial charge is 0.494 e. The molecular formula is C33H41N3O5S. The summed E-state index contributed by atoms with van der Waals surface area (Å²) in [4.78, 5) is 29.6. The van der Waals surface area contributed by atoms with E-state index in [-0.39, 0.29) is 12.3 Å². The standard InChI is InChI=1S/C33H41N3O5S/c1-2-3-4-6-22-40-33(38)41-25-36-30-24-27(13-11-26(30)12-14-32(36)37)39-21-7-5-16-34-17-19-35(20-18-34)29-9-8-10-31-28(29)15-23-42-31/h8-15,23-24H,2-7,16-22,25H2,1H3. The van der Waals surface area contributed by atoms with E-state index in [2.05, 4.69) is 46.4 Å². The lowest BCUT2D eigenvalue weighted by molar-refractivity contribution is 0.0331. The van der Waals surface area contributed by atoms with Crippen LogP contribution in [0.4, 0.5) is 10.5 Å². The van der Waals surface area contributed by atoms with Gasteiger partial charge in [-0.25, -0.2) is 4.79 Å². The topological polar surface area (TPSA) is 73.2 Å². The van der Waals surface area contributed by atoms with Crippen LogP contribution in [0.3, 0.4) is 0 Å². The molecule has 0 saturated carbocycles. The second kappa shape index (κ2) is 15.1. The number of unbranched alkanes of at least 4 members (excludes halogenated alkanes) is 4. The number of aromatic nitrogens is 1. The summed E-state index contributed by atoms with van der Waals surface area (Å²) in [5.74, 6) is 0.691. The van der Waals surface area contributed by atoms with Crippen molar-refractivity contribution in [3.8, 4) is 5.75 Å². The Bertz CT molecular complexity index is 1510. The van der Waals surface area contributed by atoms with Gasteiger partial charge in [0.05, 0.1) is 18.7 Å². The van der Waals surface area contributed by atoms with E-state index in [0.717, 1.165) is 76.6 Å². The van der Waals surface area contributed by atoms with Gasteiger partial charge in [-0.3, -0.25) is 14.3 Å². The summed E-state index contributed by atoms with van der Waals surface area (Å²) < 4.78 is 19.2. The first kappa shape index (κ1) is 29.9. The van der Waals surface area contributed by atoms with Gasteiger partial charge in [0.2, 0.25) is 0 Å². The molecule has 1 aliphatic heterocycles. The Morgan fingerprint density at radius 2 is 1.71 bits per heavy atom. The number of carbonyl (C=O) groups is 1. The molecule has 1 aliphatic rings. The third-order valence-electron chi connectivity index (χ3n) is 7.82. The molecule has 224 valence electrons. The molecule has 42 heavy (non-hydrogen) atoms. The zero-order valence-electron chi connectivity index (χ0n) is 24.5. The molecule has 0 unspecified atom stereocenters. The minimum Gasteiger partial charge on any atom is -0.494 e. The average molecular weight is 592 g/mol. The number of nitrogens with zero attached hydrogens (tertiary/aromatic N) is 3. The Kier molecular flexibility index (Phi) is 10.7. The van der Waals surface area contributed by atoms with E-state index < -0.39 is 6.16 Å². The van der Waals surface area contributed by atoms with Crippen LogP contribution >= 0.6 is 11.3 Å². The minimum atomic E-state index is -0.760. The normalized spacial score (nSPS) is 14.0. The summed E-state index contributed by atoms with van der Waals surface area (Å²) in [6, 6.07) is 17.7. The number of benzene rings is 2. The number of pyridine rings is 1. The van der Waals surface area contributed by atoms with E-state index in [0.29, 0.717) is 24.5 Å². The number of hydrogen-bond donors (Lipinski definition) is 0. The van der Waals surface area contributed by atoms with E-state index in [1.807, 2.05) is 18.2 Å². The maximum absolute atomic E-state index is 12.6. The second-order valence-electron chi connectivity index (χ2n) is 10.7. The van der Waals surface area contributed by atoms with Crippen molar-refractivity contribution in [2.24, 2.45) is 0 Å². The van der Waals surface area contributed by atoms with Crippen LogP contribution in [-0.4, -0.2) is 61.6 Å². The molecular weight excluding hydrogens is 550 g/mol. The van der Waals surface area contributed by atoms with Gasteiger partial charge >= 0.3 is 6.16 Å². The summed E-state index contributed by atoms with van der Waals surface area (Å²) in [5, 5.41) is 4.41. The van der Waals surface area contributed by atoms with Gasteiger partial charge in [-0.1, -0.05) is 32.3 Å². The summed E-state index contributed by atoms with van der Waals surface area (Å²) in [6.07, 6.45) is 5.30. The molecule has 2 aromatic carbocycles. The van der Waals surface area contributed by atoms with Crippen LogP contribution in [0.25, 0.3) is 21.0 Å². The lowest BCUT2D eigenvalue weighted by Gasteiger charge is -2.36. The van der Waals surface area contributed by atoms with Crippen molar-refractivity contribution in [2.45, 2.75) is 52.2 Å². The highest BCUT2D eigenvalue weighted by molar-refractivity contribution is 7.17. The third-order valence-corrected chi connectivity index (χ3v) is 8.70. The van der Waals surface area contributed by atoms with Gasteiger partial charge in [0, 0.05) is 54.1 Å². The summed E-state index contributed by atoms with van der Waals surface area (Å²) in [7, 11) is 0. The van der Waals surface area contributed by atoms with Crippen LogP contribution < -0.4 is 15.2 Å². The SMILES string of the molecule is CCCCCCOC(=O)OCn1c(=O)ccc2ccc(OCCCCN3CCN(c4cccc5sccc45)CC3)cc21. The monoisotopic (exact) mass is 591 g/mol. The molecule has 1 fully saturated rings. The maximum atomic E-state index is 12.6. The predicted molar refractivity (Wildman–Crippen MR) is 170 cm³/mol. The Morgan fingerprint density at radius 3 is 2.57 bits per heavy atom. The quantitative estimate of drug-likeness (QED) is 0.117. The molecule has 8 nitrogen and oxygen atoms in total. The number of fused-ring (bicyclic) bond motifs is 2. The molecule has 0 N–H and O–H groups in total. The van der Waals surface area contributed by atoms with Crippen molar-refractivity contribution in [3.05, 3.63) is 70.3 Å². The Balaban J connectivity index is 1.05. The lowest BCUT2D eigenvalue weighted by Crippen LogP contribution is -2.46. The van der Waals surface area contributed by atoms with Crippen LogP contribution in [0.1, 0.15) is 45.4 Å². The van der Waals surface area contributed by atoms with Crippen molar-refractivity contribution >= 4 is 44.2 Å². The van der Waals surface area contributed by atoms with Crippen LogP contribution in [0, 0.1) is 0 Å². The fourth-order valence-electron chi connectivity index (χ4n) is 5.43. The number of rotatable bonds is 14. The molecule has 0 radical (unpaired) electrons. The molecule has 0 spiro atoms. The molecule has 0 aliphatic carbocycles. The molecule has 9 heteroatoms. The van der Waals surface area contributed by atoms with Crippen LogP contribution in [0.15, 0.2) is 64.8 Å². The minimum absolute atomic E-state index is 0.205. The van der Waals surface area contributed by atoms with Gasteiger partial charge in [0.15, 0.2) is 6.73 Å². The summed E-state index contributed by atoms with van der Waals surface area (Å²) in [6.45, 7) is 8.13. The molecule has 4 aromatic rings. The first-order valence-corrected chi connectivity index (χ1v) is 16.0. The molecule has 0 bridgehead atoms. The van der Waals surface area contributed by atoms with Gasteiger partial charge in [-0.15, -0.1) is 11.3 Å². The number of anilines is 1. The van der Waals surface area contributed by atoms with Gasteiger partial charge in [-0.2, -0.15) is 0 Å². The first-order valence-electron chi connectivity index (χ1n) is 15.1. The number of carbonyl (C=O) groups excluding carboxylic acids is 1. The maximum Gasteiger partial charge on any atom is 0.510 e. The first-order chi connectivity index (χ1) is 20.6. The van der Waals surface area contributed by atoms with E-state index in [4.69, 9.17) is 14.2 Å². The van der Waals surface area contributed by atoms with Crippen molar-refractivity contribution in [1.82, 2.24) is 9.47 Å². The Hall–Kier alpha value is -3.56. The average Bonchev–Trinajstić information content (AvgIpc) is 3.50. The molecule has 1 saturated heterocycles. The van der Waals surface area contributed by atoms with Crippen molar-refractivity contribution < 1.29 is 19.0 Å². The summed E-state index contributed by atoms with van der Waals surface area (Å²) in [5.41, 5.74) is 1.76. The van der Waals surface area contributed by atoms with Gasteiger partial charge in [-0.05, 0) is 73.0 Å².